The minimum atomic E-state index is -0.255. The van der Waals surface area contributed by atoms with Crippen molar-refractivity contribution in [2.45, 2.75) is 70.4 Å². The number of hydrogen-bond donors (Lipinski definition) is 1. The van der Waals surface area contributed by atoms with Crippen LogP contribution in [0.15, 0.2) is 0 Å². The van der Waals surface area contributed by atoms with E-state index in [1.807, 2.05) is 7.05 Å². The van der Waals surface area contributed by atoms with E-state index in [9.17, 15) is 5.26 Å². The summed E-state index contributed by atoms with van der Waals surface area (Å²) in [5.41, 5.74) is 0.346. The van der Waals surface area contributed by atoms with E-state index < -0.39 is 0 Å². The normalized spacial score (nSPS) is 35.2. The van der Waals surface area contributed by atoms with E-state index in [0.29, 0.717) is 11.5 Å². The Bertz CT molecular complexity index is 332. The van der Waals surface area contributed by atoms with Crippen LogP contribution in [0.1, 0.15) is 58.8 Å². The minimum Gasteiger partial charge on any atom is -0.302 e. The maximum Gasteiger partial charge on any atom is 0.108 e. The van der Waals surface area contributed by atoms with Crippen molar-refractivity contribution < 1.29 is 0 Å². The SMILES string of the molecule is CCC1(CC)CCN(C2CCC(C#N)(NC)C2)CC1. The fourth-order valence-corrected chi connectivity index (χ4v) is 4.04. The number of hydrogen-bond acceptors (Lipinski definition) is 3. The standard InChI is InChI=1S/C16H29N3/c1-4-15(5-2)8-10-19(11-9-15)14-6-7-16(12-14,13-17)18-3/h14,18H,4-12H2,1-3H3. The molecule has 1 aliphatic carbocycles. The van der Waals surface area contributed by atoms with Gasteiger partial charge in [-0.1, -0.05) is 26.7 Å². The predicted octanol–water partition coefficient (Wildman–Crippen LogP) is 2.92. The lowest BCUT2D eigenvalue weighted by atomic mass is 9.74. The Kier molecular flexibility index (Phi) is 4.53. The van der Waals surface area contributed by atoms with Crippen LogP contribution in [0.4, 0.5) is 0 Å². The molecule has 2 aliphatic rings. The summed E-state index contributed by atoms with van der Waals surface area (Å²) in [4.78, 5) is 2.65. The zero-order chi connectivity index (χ0) is 13.9. The summed E-state index contributed by atoms with van der Waals surface area (Å²) in [6, 6.07) is 3.12. The van der Waals surface area contributed by atoms with Gasteiger partial charge in [-0.3, -0.25) is 0 Å². The van der Waals surface area contributed by atoms with Crippen molar-refractivity contribution >= 4 is 0 Å². The van der Waals surface area contributed by atoms with Crippen molar-refractivity contribution in [1.29, 1.82) is 5.26 Å². The van der Waals surface area contributed by atoms with Gasteiger partial charge in [0.1, 0.15) is 5.54 Å². The van der Waals surface area contributed by atoms with E-state index in [2.05, 4.69) is 30.1 Å². The van der Waals surface area contributed by atoms with Gasteiger partial charge in [-0.05, 0) is 57.7 Å². The van der Waals surface area contributed by atoms with Crippen molar-refractivity contribution in [3.8, 4) is 6.07 Å². The average molecular weight is 263 g/mol. The predicted molar refractivity (Wildman–Crippen MR) is 78.9 cm³/mol. The second-order valence-corrected chi connectivity index (χ2v) is 6.58. The van der Waals surface area contributed by atoms with Crippen molar-refractivity contribution in [1.82, 2.24) is 10.2 Å². The smallest absolute Gasteiger partial charge is 0.108 e. The van der Waals surface area contributed by atoms with Crippen LogP contribution in [0, 0.1) is 16.7 Å². The summed E-state index contributed by atoms with van der Waals surface area (Å²) in [5, 5.41) is 12.6. The van der Waals surface area contributed by atoms with Crippen molar-refractivity contribution in [3.05, 3.63) is 0 Å². The molecule has 2 unspecified atom stereocenters. The van der Waals surface area contributed by atoms with Crippen LogP contribution in [-0.4, -0.2) is 36.6 Å². The third-order valence-corrected chi connectivity index (χ3v) is 6.06. The van der Waals surface area contributed by atoms with Crippen LogP contribution in [0.2, 0.25) is 0 Å². The molecule has 0 radical (unpaired) electrons. The molecule has 0 spiro atoms. The van der Waals surface area contributed by atoms with Crippen molar-refractivity contribution in [2.75, 3.05) is 20.1 Å². The third-order valence-electron chi connectivity index (χ3n) is 6.06. The van der Waals surface area contributed by atoms with Crippen LogP contribution >= 0.6 is 0 Å². The maximum atomic E-state index is 9.36. The Labute approximate surface area is 118 Å². The summed E-state index contributed by atoms with van der Waals surface area (Å²) >= 11 is 0. The molecule has 1 heterocycles. The molecule has 3 heteroatoms. The molecule has 1 saturated heterocycles. The number of rotatable bonds is 4. The average Bonchev–Trinajstić information content (AvgIpc) is 2.92. The van der Waals surface area contributed by atoms with Crippen LogP contribution in [-0.2, 0) is 0 Å². The molecule has 1 aliphatic heterocycles. The highest BCUT2D eigenvalue weighted by Gasteiger charge is 2.42. The molecule has 0 amide bonds. The van der Waals surface area contributed by atoms with Gasteiger partial charge in [-0.25, -0.2) is 0 Å². The highest BCUT2D eigenvalue weighted by atomic mass is 15.2. The van der Waals surface area contributed by atoms with Gasteiger partial charge in [0, 0.05) is 6.04 Å². The molecule has 19 heavy (non-hydrogen) atoms. The Balaban J connectivity index is 1.92. The van der Waals surface area contributed by atoms with Gasteiger partial charge in [0.2, 0.25) is 0 Å². The molecule has 2 fully saturated rings. The number of nitrogens with zero attached hydrogens (tertiary/aromatic N) is 2. The molecule has 0 aromatic carbocycles. The zero-order valence-electron chi connectivity index (χ0n) is 12.8. The first kappa shape index (κ1) is 14.8. The number of piperidine rings is 1. The monoisotopic (exact) mass is 263 g/mol. The Morgan fingerprint density at radius 3 is 2.26 bits per heavy atom. The molecule has 0 bridgehead atoms. The lowest BCUT2D eigenvalue weighted by Crippen LogP contribution is -2.46. The quantitative estimate of drug-likeness (QED) is 0.847. The van der Waals surface area contributed by atoms with Gasteiger partial charge in [0.05, 0.1) is 6.07 Å². The Morgan fingerprint density at radius 1 is 1.21 bits per heavy atom. The Hall–Kier alpha value is -0.590. The fraction of sp³-hybridized carbons (Fsp3) is 0.938. The van der Waals surface area contributed by atoms with E-state index in [0.717, 1.165) is 12.8 Å². The molecule has 2 rings (SSSR count). The van der Waals surface area contributed by atoms with Crippen LogP contribution in [0.5, 0.6) is 0 Å². The van der Waals surface area contributed by atoms with Crippen LogP contribution < -0.4 is 5.32 Å². The summed E-state index contributed by atoms with van der Waals surface area (Å²) in [6.07, 6.45) is 8.52. The third kappa shape index (κ3) is 2.80. The fourth-order valence-electron chi connectivity index (χ4n) is 4.04. The van der Waals surface area contributed by atoms with Gasteiger partial charge in [-0.2, -0.15) is 5.26 Å². The highest BCUT2D eigenvalue weighted by molar-refractivity contribution is 5.13. The lowest BCUT2D eigenvalue weighted by molar-refractivity contribution is 0.0662. The van der Waals surface area contributed by atoms with E-state index in [4.69, 9.17) is 0 Å². The first-order valence-corrected chi connectivity index (χ1v) is 7.97. The van der Waals surface area contributed by atoms with Crippen molar-refractivity contribution in [3.63, 3.8) is 0 Å². The topological polar surface area (TPSA) is 39.1 Å². The lowest BCUT2D eigenvalue weighted by Gasteiger charge is -2.43. The van der Waals surface area contributed by atoms with Gasteiger partial charge in [0.15, 0.2) is 0 Å². The molecular formula is C16H29N3. The summed E-state index contributed by atoms with van der Waals surface area (Å²) in [5.74, 6) is 0. The number of nitriles is 1. The molecule has 0 aromatic heterocycles. The number of likely N-dealkylation sites (tertiary alicyclic amines) is 1. The van der Waals surface area contributed by atoms with E-state index in [1.54, 1.807) is 0 Å². The van der Waals surface area contributed by atoms with Gasteiger partial charge >= 0.3 is 0 Å². The molecule has 0 aromatic rings. The van der Waals surface area contributed by atoms with Gasteiger partial charge in [0.25, 0.3) is 0 Å². The summed E-state index contributed by atoms with van der Waals surface area (Å²) in [7, 11) is 1.93. The van der Waals surface area contributed by atoms with E-state index in [-0.39, 0.29) is 5.54 Å². The molecule has 3 nitrogen and oxygen atoms in total. The second-order valence-electron chi connectivity index (χ2n) is 6.58. The summed E-state index contributed by atoms with van der Waals surface area (Å²) < 4.78 is 0. The Morgan fingerprint density at radius 2 is 1.84 bits per heavy atom. The maximum absolute atomic E-state index is 9.36. The molecular weight excluding hydrogens is 234 g/mol. The minimum absolute atomic E-state index is 0.255. The summed E-state index contributed by atoms with van der Waals surface area (Å²) in [6.45, 7) is 7.15. The first-order chi connectivity index (χ1) is 9.12. The van der Waals surface area contributed by atoms with Crippen LogP contribution in [0.3, 0.4) is 0 Å². The zero-order valence-corrected chi connectivity index (χ0v) is 12.8. The second kappa shape index (κ2) is 5.81. The molecule has 108 valence electrons. The number of nitrogens with one attached hydrogen (secondary N) is 1. The van der Waals surface area contributed by atoms with Gasteiger partial charge < -0.3 is 10.2 Å². The van der Waals surface area contributed by atoms with E-state index >= 15 is 0 Å². The van der Waals surface area contributed by atoms with Crippen molar-refractivity contribution in [2.24, 2.45) is 5.41 Å². The largest absolute Gasteiger partial charge is 0.302 e. The molecule has 1 N–H and O–H groups in total. The van der Waals surface area contributed by atoms with Crippen LogP contribution in [0.25, 0.3) is 0 Å². The van der Waals surface area contributed by atoms with E-state index in [1.165, 1.54) is 45.2 Å². The highest BCUT2D eigenvalue weighted by Crippen LogP contribution is 2.41. The van der Waals surface area contributed by atoms with Gasteiger partial charge in [-0.15, -0.1) is 0 Å². The molecule has 1 saturated carbocycles. The molecule has 2 atom stereocenters. The first-order valence-electron chi connectivity index (χ1n) is 7.97.